The summed E-state index contributed by atoms with van der Waals surface area (Å²) in [6, 6.07) is 17.2. The maximum Gasteiger partial charge on any atom is 0.149 e. The Morgan fingerprint density at radius 2 is 1.44 bits per heavy atom. The molecule has 0 unspecified atom stereocenters. The third-order valence-corrected chi connectivity index (χ3v) is 2.56. The average Bonchev–Trinajstić information content (AvgIpc) is 2.42. The van der Waals surface area contributed by atoms with E-state index in [1.807, 2.05) is 77.2 Å². The molecule has 0 aliphatic rings. The molecular weight excluding hydrogens is 339 g/mol. The van der Waals surface area contributed by atoms with E-state index in [2.05, 4.69) is 9.85 Å². The summed E-state index contributed by atoms with van der Waals surface area (Å²) in [4.78, 5) is 0. The van der Waals surface area contributed by atoms with Gasteiger partial charge in [0.1, 0.15) is 23.9 Å². The Kier molecular flexibility index (Phi) is 4.91. The average molecular weight is 350 g/mol. The van der Waals surface area contributed by atoms with E-state index in [1.54, 1.807) is 0 Å². The van der Waals surface area contributed by atoms with Gasteiger partial charge >= 0.3 is 0 Å². The highest BCUT2D eigenvalue weighted by Crippen LogP contribution is 2.23. The van der Waals surface area contributed by atoms with Crippen LogP contribution >= 0.6 is 22.6 Å². The predicted octanol–water partition coefficient (Wildman–Crippen LogP) is 4.25. The second-order valence-electron chi connectivity index (χ2n) is 3.45. The topological polar surface area (TPSA) is 18.5 Å². The van der Waals surface area contributed by atoms with Crippen LogP contribution in [0.25, 0.3) is 0 Å². The highest BCUT2D eigenvalue weighted by atomic mass is 127. The lowest BCUT2D eigenvalue weighted by atomic mass is 10.3. The summed E-state index contributed by atoms with van der Waals surface area (Å²) in [5.41, 5.74) is 0. The van der Waals surface area contributed by atoms with Gasteiger partial charge in [-0.1, -0.05) is 24.1 Å². The molecule has 2 nitrogen and oxygen atoms in total. The Labute approximate surface area is 120 Å². The van der Waals surface area contributed by atoms with Gasteiger partial charge in [0.25, 0.3) is 0 Å². The Balaban J connectivity index is 1.97. The molecule has 0 fully saturated rings. The predicted molar refractivity (Wildman–Crippen MR) is 80.2 cm³/mol. The molecule has 0 atom stereocenters. The minimum Gasteiger partial charge on any atom is -0.481 e. The summed E-state index contributed by atoms with van der Waals surface area (Å²) in [5.74, 6) is 5.23. The highest BCUT2D eigenvalue weighted by molar-refractivity contribution is 14.1. The molecule has 0 spiro atoms. The van der Waals surface area contributed by atoms with Gasteiger partial charge in [-0.2, -0.15) is 0 Å². The van der Waals surface area contributed by atoms with Crippen LogP contribution in [0.2, 0.25) is 0 Å². The zero-order valence-electron chi connectivity index (χ0n) is 9.60. The van der Waals surface area contributed by atoms with Crippen molar-refractivity contribution in [2.75, 3.05) is 6.61 Å². The quantitative estimate of drug-likeness (QED) is 0.606. The van der Waals surface area contributed by atoms with Crippen LogP contribution in [0.5, 0.6) is 17.2 Å². The van der Waals surface area contributed by atoms with Gasteiger partial charge < -0.3 is 9.47 Å². The molecule has 0 bridgehead atoms. The van der Waals surface area contributed by atoms with Crippen molar-refractivity contribution in [3.05, 3.63) is 54.6 Å². The van der Waals surface area contributed by atoms with Crippen LogP contribution in [-0.4, -0.2) is 6.61 Å². The van der Waals surface area contributed by atoms with Gasteiger partial charge in [0.05, 0.1) is 0 Å². The first-order valence-electron chi connectivity index (χ1n) is 5.43. The van der Waals surface area contributed by atoms with Crippen molar-refractivity contribution >= 4 is 22.6 Å². The Hall–Kier alpha value is -1.67. The number of hydrogen-bond donors (Lipinski definition) is 0. The van der Waals surface area contributed by atoms with Gasteiger partial charge in [0.15, 0.2) is 0 Å². The van der Waals surface area contributed by atoms with E-state index < -0.39 is 0 Å². The van der Waals surface area contributed by atoms with Crippen molar-refractivity contribution in [2.24, 2.45) is 0 Å². The largest absolute Gasteiger partial charge is 0.481 e. The first-order valence-corrected chi connectivity index (χ1v) is 6.50. The summed E-state index contributed by atoms with van der Waals surface area (Å²) in [6.45, 7) is 0.405. The number of rotatable bonds is 4. The maximum atomic E-state index is 5.67. The van der Waals surface area contributed by atoms with Crippen molar-refractivity contribution in [3.8, 4) is 27.1 Å². The third-order valence-electron chi connectivity index (χ3n) is 2.18. The minimum atomic E-state index is 0.405. The molecule has 2 rings (SSSR count). The number of ether oxygens (including phenoxy) is 2. The van der Waals surface area contributed by atoms with E-state index in [4.69, 9.17) is 9.47 Å². The fourth-order valence-corrected chi connectivity index (χ4v) is 1.53. The van der Waals surface area contributed by atoms with Crippen LogP contribution in [0.4, 0.5) is 0 Å². The molecule has 0 saturated carbocycles. The van der Waals surface area contributed by atoms with Crippen molar-refractivity contribution in [2.45, 2.75) is 0 Å². The summed E-state index contributed by atoms with van der Waals surface area (Å²) in [7, 11) is 0. The number of benzene rings is 2. The zero-order valence-corrected chi connectivity index (χ0v) is 11.8. The first kappa shape index (κ1) is 12.8. The second-order valence-corrected chi connectivity index (χ2v) is 3.99. The number of hydrogen-bond acceptors (Lipinski definition) is 2. The van der Waals surface area contributed by atoms with E-state index >= 15 is 0 Å². The summed E-state index contributed by atoms with van der Waals surface area (Å²) in [5, 5.41) is 0. The van der Waals surface area contributed by atoms with Crippen LogP contribution in [-0.2, 0) is 0 Å². The van der Waals surface area contributed by atoms with Crippen molar-refractivity contribution in [1.82, 2.24) is 0 Å². The van der Waals surface area contributed by atoms with Crippen LogP contribution < -0.4 is 9.47 Å². The lowest BCUT2D eigenvalue weighted by Crippen LogP contribution is -1.93. The SMILES string of the molecule is IC#CCOc1ccc(Oc2ccccc2)cc1. The minimum absolute atomic E-state index is 0.405. The molecule has 90 valence electrons. The number of para-hydroxylation sites is 1. The van der Waals surface area contributed by atoms with Crippen molar-refractivity contribution in [1.29, 1.82) is 0 Å². The van der Waals surface area contributed by atoms with E-state index in [9.17, 15) is 0 Å². The molecule has 0 aliphatic heterocycles. The van der Waals surface area contributed by atoms with Gasteiger partial charge in [-0.3, -0.25) is 0 Å². The fraction of sp³-hybridized carbons (Fsp3) is 0.0667. The molecule has 18 heavy (non-hydrogen) atoms. The molecular formula is C15H11IO2. The van der Waals surface area contributed by atoms with Gasteiger partial charge in [0, 0.05) is 22.6 Å². The van der Waals surface area contributed by atoms with Crippen molar-refractivity contribution < 1.29 is 9.47 Å². The van der Waals surface area contributed by atoms with Crippen LogP contribution in [0.3, 0.4) is 0 Å². The second kappa shape index (κ2) is 6.92. The lowest BCUT2D eigenvalue weighted by molar-refractivity contribution is 0.369. The molecule has 0 saturated heterocycles. The summed E-state index contributed by atoms with van der Waals surface area (Å²) >= 11 is 1.99. The fourth-order valence-electron chi connectivity index (χ4n) is 1.38. The first-order chi connectivity index (χ1) is 8.88. The standard InChI is InChI=1S/C15H11IO2/c16-11-4-12-17-13-7-9-15(10-8-13)18-14-5-2-1-3-6-14/h1-3,5-10H,12H2. The number of halogens is 1. The van der Waals surface area contributed by atoms with Crippen LogP contribution in [0, 0.1) is 9.85 Å². The van der Waals surface area contributed by atoms with E-state index in [0.717, 1.165) is 17.2 Å². The Morgan fingerprint density at radius 1 is 0.833 bits per heavy atom. The van der Waals surface area contributed by atoms with Crippen LogP contribution in [0.1, 0.15) is 0 Å². The molecule has 0 amide bonds. The molecule has 3 heteroatoms. The van der Waals surface area contributed by atoms with Gasteiger partial charge in [-0.05, 0) is 40.3 Å². The molecule has 0 heterocycles. The highest BCUT2D eigenvalue weighted by Gasteiger charge is 1.97. The third kappa shape index (κ3) is 3.97. The zero-order chi connectivity index (χ0) is 12.6. The summed E-state index contributed by atoms with van der Waals surface area (Å²) in [6.07, 6.45) is 0. The molecule has 2 aromatic rings. The lowest BCUT2D eigenvalue weighted by Gasteiger charge is -2.06. The van der Waals surface area contributed by atoms with E-state index in [1.165, 1.54) is 0 Å². The maximum absolute atomic E-state index is 5.67. The van der Waals surface area contributed by atoms with E-state index in [0.29, 0.717) is 6.61 Å². The monoisotopic (exact) mass is 350 g/mol. The molecule has 0 N–H and O–H groups in total. The normalized spacial score (nSPS) is 9.17. The van der Waals surface area contributed by atoms with Gasteiger partial charge in [-0.25, -0.2) is 0 Å². The van der Waals surface area contributed by atoms with Gasteiger partial charge in [0.2, 0.25) is 0 Å². The molecule has 2 aromatic carbocycles. The smallest absolute Gasteiger partial charge is 0.149 e. The van der Waals surface area contributed by atoms with Crippen molar-refractivity contribution in [3.63, 3.8) is 0 Å². The summed E-state index contributed by atoms with van der Waals surface area (Å²) < 4.78 is 13.8. The van der Waals surface area contributed by atoms with E-state index in [-0.39, 0.29) is 0 Å². The molecule has 0 aromatic heterocycles. The molecule has 0 aliphatic carbocycles. The Morgan fingerprint density at radius 3 is 2.11 bits per heavy atom. The molecule has 0 radical (unpaired) electrons. The van der Waals surface area contributed by atoms with Crippen LogP contribution in [0.15, 0.2) is 54.6 Å². The Bertz CT molecular complexity index is 538. The van der Waals surface area contributed by atoms with Gasteiger partial charge in [-0.15, -0.1) is 0 Å².